The second kappa shape index (κ2) is 6.73. The zero-order chi connectivity index (χ0) is 13.5. The molecule has 0 aliphatic heterocycles. The Balaban J connectivity index is 1.75. The maximum Gasteiger partial charge on any atom is 0.162 e. The summed E-state index contributed by atoms with van der Waals surface area (Å²) in [7, 11) is 0. The first-order chi connectivity index (χ1) is 9.29. The van der Waals surface area contributed by atoms with E-state index in [1.165, 1.54) is 0 Å². The number of benzene rings is 1. The van der Waals surface area contributed by atoms with Crippen LogP contribution in [0.3, 0.4) is 0 Å². The molecule has 2 aromatic rings. The number of anilines is 1. The summed E-state index contributed by atoms with van der Waals surface area (Å²) in [6, 6.07) is 9.59. The Labute approximate surface area is 113 Å². The Kier molecular flexibility index (Phi) is 4.72. The summed E-state index contributed by atoms with van der Waals surface area (Å²) in [5.41, 5.74) is 1.83. The van der Waals surface area contributed by atoms with E-state index in [0.29, 0.717) is 6.42 Å². The van der Waals surface area contributed by atoms with Crippen molar-refractivity contribution in [1.29, 1.82) is 0 Å². The van der Waals surface area contributed by atoms with Crippen LogP contribution in [0.5, 0.6) is 0 Å². The molecule has 0 aliphatic carbocycles. The number of nitrogens with one attached hydrogen (secondary N) is 1. The van der Waals surface area contributed by atoms with Crippen molar-refractivity contribution in [3.05, 3.63) is 48.3 Å². The number of ketones is 1. The Morgan fingerprint density at radius 1 is 1.32 bits per heavy atom. The van der Waals surface area contributed by atoms with Gasteiger partial charge in [-0.2, -0.15) is 5.10 Å². The van der Waals surface area contributed by atoms with Crippen molar-refractivity contribution in [2.45, 2.75) is 26.3 Å². The summed E-state index contributed by atoms with van der Waals surface area (Å²) in [6.45, 7) is 3.68. The number of aryl methyl sites for hydroxylation is 1. The number of hydrogen-bond donors (Lipinski definition) is 1. The van der Waals surface area contributed by atoms with Crippen LogP contribution in [0.15, 0.2) is 42.7 Å². The third kappa shape index (κ3) is 3.95. The summed E-state index contributed by atoms with van der Waals surface area (Å²) in [5, 5.41) is 7.49. The summed E-state index contributed by atoms with van der Waals surface area (Å²) < 4.78 is 1.92. The Morgan fingerprint density at radius 3 is 2.74 bits per heavy atom. The highest BCUT2D eigenvalue weighted by molar-refractivity contribution is 5.96. The molecular formula is C15H19N3O. The van der Waals surface area contributed by atoms with Gasteiger partial charge >= 0.3 is 0 Å². The summed E-state index contributed by atoms with van der Waals surface area (Å²) in [5.74, 6) is 0.185. The highest BCUT2D eigenvalue weighted by atomic mass is 16.1. The maximum atomic E-state index is 11.5. The van der Waals surface area contributed by atoms with E-state index in [2.05, 4.69) is 10.4 Å². The third-order valence-electron chi connectivity index (χ3n) is 2.98. The molecule has 4 nitrogen and oxygen atoms in total. The SMILES string of the molecule is CCC(=O)c1ccc(NCCCn2cccn2)cc1. The van der Waals surface area contributed by atoms with Crippen molar-refractivity contribution in [3.63, 3.8) is 0 Å². The smallest absolute Gasteiger partial charge is 0.162 e. The third-order valence-corrected chi connectivity index (χ3v) is 2.98. The van der Waals surface area contributed by atoms with E-state index in [-0.39, 0.29) is 5.78 Å². The number of Topliss-reactive ketones (excluding diaryl/α,β-unsaturated/α-hetero) is 1. The van der Waals surface area contributed by atoms with Crippen LogP contribution in [-0.2, 0) is 6.54 Å². The van der Waals surface area contributed by atoms with E-state index < -0.39 is 0 Å². The lowest BCUT2D eigenvalue weighted by atomic mass is 10.1. The van der Waals surface area contributed by atoms with Gasteiger partial charge in [0.05, 0.1) is 0 Å². The Morgan fingerprint density at radius 2 is 2.11 bits per heavy atom. The average Bonchev–Trinajstić information content (AvgIpc) is 2.96. The number of hydrogen-bond acceptors (Lipinski definition) is 3. The van der Waals surface area contributed by atoms with Gasteiger partial charge in [0.1, 0.15) is 0 Å². The van der Waals surface area contributed by atoms with Crippen LogP contribution < -0.4 is 5.32 Å². The molecule has 0 saturated carbocycles. The minimum atomic E-state index is 0.185. The molecule has 0 aliphatic rings. The molecule has 1 aromatic carbocycles. The molecule has 4 heteroatoms. The monoisotopic (exact) mass is 257 g/mol. The molecule has 0 bridgehead atoms. The molecule has 0 atom stereocenters. The fourth-order valence-corrected chi connectivity index (χ4v) is 1.88. The second-order valence-corrected chi connectivity index (χ2v) is 4.40. The zero-order valence-corrected chi connectivity index (χ0v) is 11.2. The predicted octanol–water partition coefficient (Wildman–Crippen LogP) is 2.98. The number of carbonyl (C=O) groups is 1. The average molecular weight is 257 g/mol. The molecular weight excluding hydrogens is 238 g/mol. The van der Waals surface area contributed by atoms with Gasteiger partial charge in [-0.05, 0) is 36.8 Å². The van der Waals surface area contributed by atoms with Crippen molar-refractivity contribution in [2.75, 3.05) is 11.9 Å². The Hall–Kier alpha value is -2.10. The molecule has 19 heavy (non-hydrogen) atoms. The number of nitrogens with zero attached hydrogens (tertiary/aromatic N) is 2. The van der Waals surface area contributed by atoms with E-state index in [0.717, 1.165) is 30.8 Å². The van der Waals surface area contributed by atoms with E-state index in [1.54, 1.807) is 6.20 Å². The van der Waals surface area contributed by atoms with Crippen molar-refractivity contribution in [3.8, 4) is 0 Å². The van der Waals surface area contributed by atoms with Crippen molar-refractivity contribution in [1.82, 2.24) is 9.78 Å². The molecule has 0 saturated heterocycles. The van der Waals surface area contributed by atoms with Gasteiger partial charge < -0.3 is 5.32 Å². The summed E-state index contributed by atoms with van der Waals surface area (Å²) in [6.07, 6.45) is 5.32. The number of aromatic nitrogens is 2. The normalized spacial score (nSPS) is 10.4. The Bertz CT molecular complexity index is 503. The number of carbonyl (C=O) groups excluding carboxylic acids is 1. The zero-order valence-electron chi connectivity index (χ0n) is 11.2. The van der Waals surface area contributed by atoms with Crippen molar-refractivity contribution in [2.24, 2.45) is 0 Å². The molecule has 1 N–H and O–H groups in total. The molecule has 0 spiro atoms. The van der Waals surface area contributed by atoms with Crippen molar-refractivity contribution >= 4 is 11.5 Å². The van der Waals surface area contributed by atoms with E-state index in [4.69, 9.17) is 0 Å². The first kappa shape index (κ1) is 13.3. The van der Waals surface area contributed by atoms with Crippen LogP contribution >= 0.6 is 0 Å². The van der Waals surface area contributed by atoms with E-state index in [1.807, 2.05) is 48.1 Å². The minimum absolute atomic E-state index is 0.185. The second-order valence-electron chi connectivity index (χ2n) is 4.40. The topological polar surface area (TPSA) is 46.9 Å². The lowest BCUT2D eigenvalue weighted by Gasteiger charge is -2.07. The molecule has 0 fully saturated rings. The lowest BCUT2D eigenvalue weighted by molar-refractivity contribution is 0.0988. The highest BCUT2D eigenvalue weighted by Gasteiger charge is 2.01. The first-order valence-corrected chi connectivity index (χ1v) is 6.64. The highest BCUT2D eigenvalue weighted by Crippen LogP contribution is 2.11. The minimum Gasteiger partial charge on any atom is -0.385 e. The lowest BCUT2D eigenvalue weighted by Crippen LogP contribution is -2.07. The van der Waals surface area contributed by atoms with Crippen LogP contribution in [-0.4, -0.2) is 22.1 Å². The molecule has 1 heterocycles. The predicted molar refractivity (Wildman–Crippen MR) is 76.4 cm³/mol. The van der Waals surface area contributed by atoms with Gasteiger partial charge in [-0.15, -0.1) is 0 Å². The largest absolute Gasteiger partial charge is 0.385 e. The van der Waals surface area contributed by atoms with Gasteiger partial charge in [0.2, 0.25) is 0 Å². The number of rotatable bonds is 7. The maximum absolute atomic E-state index is 11.5. The van der Waals surface area contributed by atoms with Gasteiger partial charge in [-0.1, -0.05) is 6.92 Å². The van der Waals surface area contributed by atoms with E-state index >= 15 is 0 Å². The van der Waals surface area contributed by atoms with Crippen LogP contribution in [0.4, 0.5) is 5.69 Å². The van der Waals surface area contributed by atoms with Gasteiger partial charge in [0, 0.05) is 43.2 Å². The van der Waals surface area contributed by atoms with Crippen LogP contribution in [0.25, 0.3) is 0 Å². The fraction of sp³-hybridized carbons (Fsp3) is 0.333. The fourth-order valence-electron chi connectivity index (χ4n) is 1.88. The molecule has 100 valence electrons. The molecule has 0 amide bonds. The van der Waals surface area contributed by atoms with Gasteiger partial charge in [0.15, 0.2) is 5.78 Å². The summed E-state index contributed by atoms with van der Waals surface area (Å²) in [4.78, 5) is 11.5. The van der Waals surface area contributed by atoms with E-state index in [9.17, 15) is 4.79 Å². The van der Waals surface area contributed by atoms with Crippen LogP contribution in [0, 0.1) is 0 Å². The summed E-state index contributed by atoms with van der Waals surface area (Å²) >= 11 is 0. The molecule has 1 aromatic heterocycles. The van der Waals surface area contributed by atoms with Gasteiger partial charge in [-0.25, -0.2) is 0 Å². The molecule has 2 rings (SSSR count). The molecule has 0 unspecified atom stereocenters. The van der Waals surface area contributed by atoms with Gasteiger partial charge in [-0.3, -0.25) is 9.48 Å². The quantitative estimate of drug-likeness (QED) is 0.612. The van der Waals surface area contributed by atoms with Gasteiger partial charge in [0.25, 0.3) is 0 Å². The van der Waals surface area contributed by atoms with Crippen LogP contribution in [0.2, 0.25) is 0 Å². The van der Waals surface area contributed by atoms with Crippen molar-refractivity contribution < 1.29 is 4.79 Å². The van der Waals surface area contributed by atoms with Crippen LogP contribution in [0.1, 0.15) is 30.1 Å². The molecule has 0 radical (unpaired) electrons. The standard InChI is InChI=1S/C15H19N3O/c1-2-15(19)13-5-7-14(8-6-13)16-9-3-11-18-12-4-10-17-18/h4-8,10,12,16H,2-3,9,11H2,1H3. The first-order valence-electron chi connectivity index (χ1n) is 6.64.